The molecule has 0 bridgehead atoms. The number of rotatable bonds is 4. The molecular formula is C17H22N4O. The summed E-state index contributed by atoms with van der Waals surface area (Å²) in [7, 11) is 0. The number of unbranched alkanes of at least 4 members (excludes halogenated alkanes) is 1. The van der Waals surface area contributed by atoms with Gasteiger partial charge in [-0.3, -0.25) is 9.69 Å². The number of aromatic nitrogens is 2. The summed E-state index contributed by atoms with van der Waals surface area (Å²) in [5.41, 5.74) is 9.05. The van der Waals surface area contributed by atoms with Crippen LogP contribution in [0.2, 0.25) is 0 Å². The van der Waals surface area contributed by atoms with E-state index in [1.165, 1.54) is 12.8 Å². The van der Waals surface area contributed by atoms with Gasteiger partial charge in [-0.2, -0.15) is 0 Å². The maximum Gasteiger partial charge on any atom is 0.254 e. The maximum absolute atomic E-state index is 12.3. The number of nitrogens with one attached hydrogen (secondary N) is 1. The molecule has 0 unspecified atom stereocenters. The summed E-state index contributed by atoms with van der Waals surface area (Å²) >= 11 is 0. The van der Waals surface area contributed by atoms with E-state index in [9.17, 15) is 4.79 Å². The first-order valence-electron chi connectivity index (χ1n) is 7.87. The summed E-state index contributed by atoms with van der Waals surface area (Å²) in [4.78, 5) is 22.3. The number of anilines is 1. The molecule has 1 aliphatic heterocycles. The summed E-state index contributed by atoms with van der Waals surface area (Å²) in [5, 5.41) is 0. The van der Waals surface area contributed by atoms with Crippen molar-refractivity contribution in [2.24, 2.45) is 0 Å². The Balaban J connectivity index is 1.91. The highest BCUT2D eigenvalue weighted by Gasteiger charge is 2.20. The third-order valence-electron chi connectivity index (χ3n) is 4.16. The Morgan fingerprint density at radius 2 is 2.09 bits per heavy atom. The first-order chi connectivity index (χ1) is 10.7. The Morgan fingerprint density at radius 3 is 2.82 bits per heavy atom. The van der Waals surface area contributed by atoms with Gasteiger partial charge in [0.05, 0.1) is 5.69 Å². The fourth-order valence-electron chi connectivity index (χ4n) is 2.84. The van der Waals surface area contributed by atoms with E-state index < -0.39 is 0 Å². The minimum absolute atomic E-state index is 0.00744. The van der Waals surface area contributed by atoms with Gasteiger partial charge in [-0.15, -0.1) is 0 Å². The van der Waals surface area contributed by atoms with Crippen molar-refractivity contribution < 1.29 is 0 Å². The van der Waals surface area contributed by atoms with Crippen LogP contribution < -0.4 is 11.3 Å². The van der Waals surface area contributed by atoms with E-state index in [4.69, 9.17) is 10.7 Å². The molecule has 5 nitrogen and oxygen atoms in total. The minimum atomic E-state index is -0.00744. The minimum Gasteiger partial charge on any atom is -0.399 e. The third kappa shape index (κ3) is 3.04. The average molecular weight is 298 g/mol. The van der Waals surface area contributed by atoms with E-state index in [0.29, 0.717) is 11.5 Å². The second-order valence-corrected chi connectivity index (χ2v) is 5.84. The van der Waals surface area contributed by atoms with Gasteiger partial charge in [0.25, 0.3) is 5.56 Å². The predicted octanol–water partition coefficient (Wildman–Crippen LogP) is 2.18. The molecule has 2 heterocycles. The number of nitrogens with zero attached hydrogens (tertiary/aromatic N) is 2. The Bertz CT molecular complexity index is 706. The van der Waals surface area contributed by atoms with Gasteiger partial charge < -0.3 is 10.7 Å². The Labute approximate surface area is 130 Å². The van der Waals surface area contributed by atoms with E-state index >= 15 is 0 Å². The van der Waals surface area contributed by atoms with Crippen LogP contribution in [0.5, 0.6) is 0 Å². The first kappa shape index (κ1) is 14.8. The lowest BCUT2D eigenvalue weighted by Crippen LogP contribution is -2.35. The first-order valence-corrected chi connectivity index (χ1v) is 7.87. The second-order valence-electron chi connectivity index (χ2n) is 5.84. The monoisotopic (exact) mass is 298 g/mol. The lowest BCUT2D eigenvalue weighted by molar-refractivity contribution is 0.245. The van der Waals surface area contributed by atoms with Gasteiger partial charge in [0.2, 0.25) is 0 Å². The zero-order chi connectivity index (χ0) is 15.5. The lowest BCUT2D eigenvalue weighted by atomic mass is 10.1. The SMILES string of the molecule is CCCCN1CCc2c(nc(-c3ccc(N)cc3)[nH]c2=O)C1. The van der Waals surface area contributed by atoms with Crippen LogP contribution >= 0.6 is 0 Å². The highest BCUT2D eigenvalue weighted by Crippen LogP contribution is 2.19. The molecule has 2 aromatic rings. The normalized spacial score (nSPS) is 14.8. The van der Waals surface area contributed by atoms with E-state index in [0.717, 1.165) is 42.9 Å². The van der Waals surface area contributed by atoms with Crippen molar-refractivity contribution in [3.05, 3.63) is 45.9 Å². The van der Waals surface area contributed by atoms with Gasteiger partial charge in [-0.05, 0) is 43.7 Å². The Morgan fingerprint density at radius 1 is 1.32 bits per heavy atom. The van der Waals surface area contributed by atoms with Crippen LogP contribution in [0.4, 0.5) is 5.69 Å². The summed E-state index contributed by atoms with van der Waals surface area (Å²) in [6.07, 6.45) is 3.15. The molecule has 1 aromatic heterocycles. The quantitative estimate of drug-likeness (QED) is 0.848. The average Bonchev–Trinajstić information content (AvgIpc) is 2.53. The number of fused-ring (bicyclic) bond motifs is 1. The van der Waals surface area contributed by atoms with Crippen molar-refractivity contribution in [2.75, 3.05) is 18.8 Å². The molecule has 0 amide bonds. The molecule has 1 aromatic carbocycles. The summed E-state index contributed by atoms with van der Waals surface area (Å²) in [6.45, 7) is 4.97. The highest BCUT2D eigenvalue weighted by atomic mass is 16.1. The lowest BCUT2D eigenvalue weighted by Gasteiger charge is -2.27. The van der Waals surface area contributed by atoms with Gasteiger partial charge in [-0.1, -0.05) is 13.3 Å². The molecule has 0 fully saturated rings. The summed E-state index contributed by atoms with van der Waals surface area (Å²) in [5.74, 6) is 0.626. The number of nitrogen functional groups attached to an aromatic ring is 1. The molecule has 5 heteroatoms. The molecule has 116 valence electrons. The molecular weight excluding hydrogens is 276 g/mol. The Hall–Kier alpha value is -2.14. The smallest absolute Gasteiger partial charge is 0.254 e. The van der Waals surface area contributed by atoms with Crippen LogP contribution in [0.1, 0.15) is 31.0 Å². The molecule has 0 spiro atoms. The zero-order valence-electron chi connectivity index (χ0n) is 12.9. The molecule has 0 atom stereocenters. The van der Waals surface area contributed by atoms with Gasteiger partial charge in [0.1, 0.15) is 5.82 Å². The number of aromatic amines is 1. The van der Waals surface area contributed by atoms with Crippen molar-refractivity contribution in [3.63, 3.8) is 0 Å². The summed E-state index contributed by atoms with van der Waals surface area (Å²) in [6, 6.07) is 7.42. The van der Waals surface area contributed by atoms with Crippen molar-refractivity contribution in [2.45, 2.75) is 32.7 Å². The molecule has 1 aliphatic rings. The van der Waals surface area contributed by atoms with Crippen molar-refractivity contribution >= 4 is 5.69 Å². The number of benzene rings is 1. The van der Waals surface area contributed by atoms with Crippen LogP contribution in [0.15, 0.2) is 29.1 Å². The molecule has 0 aliphatic carbocycles. The molecule has 3 rings (SSSR count). The maximum atomic E-state index is 12.3. The molecule has 22 heavy (non-hydrogen) atoms. The van der Waals surface area contributed by atoms with E-state index in [2.05, 4.69) is 16.8 Å². The van der Waals surface area contributed by atoms with Gasteiger partial charge in [0, 0.05) is 29.9 Å². The van der Waals surface area contributed by atoms with Gasteiger partial charge in [0.15, 0.2) is 0 Å². The number of hydrogen-bond donors (Lipinski definition) is 2. The fraction of sp³-hybridized carbons (Fsp3) is 0.412. The molecule has 0 radical (unpaired) electrons. The van der Waals surface area contributed by atoms with Crippen LogP contribution in [-0.2, 0) is 13.0 Å². The predicted molar refractivity (Wildman–Crippen MR) is 88.6 cm³/mol. The number of nitrogens with two attached hydrogens (primary N) is 1. The van der Waals surface area contributed by atoms with Crippen LogP contribution in [0.3, 0.4) is 0 Å². The molecule has 0 saturated heterocycles. The fourth-order valence-corrected chi connectivity index (χ4v) is 2.84. The van der Waals surface area contributed by atoms with Crippen LogP contribution in [-0.4, -0.2) is 28.0 Å². The largest absolute Gasteiger partial charge is 0.399 e. The van der Waals surface area contributed by atoms with Crippen molar-refractivity contribution in [1.82, 2.24) is 14.9 Å². The van der Waals surface area contributed by atoms with E-state index in [-0.39, 0.29) is 5.56 Å². The summed E-state index contributed by atoms with van der Waals surface area (Å²) < 4.78 is 0. The van der Waals surface area contributed by atoms with Crippen LogP contribution in [0.25, 0.3) is 11.4 Å². The standard InChI is InChI=1S/C17H22N4O/c1-2-3-9-21-10-8-14-15(11-21)19-16(20-17(14)22)12-4-6-13(18)7-5-12/h4-7H,2-3,8-11,18H2,1H3,(H,19,20,22). The number of hydrogen-bond acceptors (Lipinski definition) is 4. The Kier molecular flexibility index (Phi) is 4.24. The van der Waals surface area contributed by atoms with Crippen LogP contribution in [0, 0.1) is 0 Å². The molecule has 0 saturated carbocycles. The highest BCUT2D eigenvalue weighted by molar-refractivity contribution is 5.58. The van der Waals surface area contributed by atoms with Gasteiger partial charge in [-0.25, -0.2) is 4.98 Å². The molecule has 3 N–H and O–H groups in total. The van der Waals surface area contributed by atoms with E-state index in [1.807, 2.05) is 24.3 Å². The topological polar surface area (TPSA) is 75.0 Å². The van der Waals surface area contributed by atoms with Crippen molar-refractivity contribution in [1.29, 1.82) is 0 Å². The second kappa shape index (κ2) is 6.32. The third-order valence-corrected chi connectivity index (χ3v) is 4.16. The zero-order valence-corrected chi connectivity index (χ0v) is 12.9. The van der Waals surface area contributed by atoms with Crippen molar-refractivity contribution in [3.8, 4) is 11.4 Å². The van der Waals surface area contributed by atoms with E-state index in [1.54, 1.807) is 0 Å². The van der Waals surface area contributed by atoms with Gasteiger partial charge >= 0.3 is 0 Å². The number of H-pyrrole nitrogens is 1.